The molecule has 1 aliphatic rings. The van der Waals surface area contributed by atoms with Gasteiger partial charge in [-0.15, -0.1) is 11.3 Å². The summed E-state index contributed by atoms with van der Waals surface area (Å²) < 4.78 is 18.9. The molecule has 0 bridgehead atoms. The molecule has 0 spiro atoms. The number of nitrogens with zero attached hydrogens (tertiary/aromatic N) is 3. The first-order valence-electron chi connectivity index (χ1n) is 9.16. The number of hydrogen-bond acceptors (Lipinski definition) is 6. The molecule has 4 rings (SSSR count). The van der Waals surface area contributed by atoms with Crippen LogP contribution in [0.5, 0.6) is 0 Å². The van der Waals surface area contributed by atoms with Crippen LogP contribution in [-0.4, -0.2) is 52.3 Å². The lowest BCUT2D eigenvalue weighted by molar-refractivity contribution is -0.135. The van der Waals surface area contributed by atoms with Gasteiger partial charge in [0.1, 0.15) is 22.0 Å². The fourth-order valence-corrected chi connectivity index (χ4v) is 5.11. The molecule has 1 unspecified atom stereocenters. The van der Waals surface area contributed by atoms with Crippen molar-refractivity contribution in [2.75, 3.05) is 25.4 Å². The standard InChI is InChI=1S/C20H20FN3O2S2/c1-2-15-9-24(7-8-26-15)17(25)11-28-20-18-16(10-27-19(18)22-12-23-20)13-3-5-14(21)6-4-13/h3-6,10,12,15H,2,7-9,11H2,1H3. The molecular weight excluding hydrogens is 397 g/mol. The summed E-state index contributed by atoms with van der Waals surface area (Å²) in [6, 6.07) is 6.40. The molecular formula is C20H20FN3O2S2. The van der Waals surface area contributed by atoms with Crippen molar-refractivity contribution in [2.24, 2.45) is 0 Å². The highest BCUT2D eigenvalue weighted by atomic mass is 32.2. The Hall–Kier alpha value is -2.03. The molecule has 1 saturated heterocycles. The van der Waals surface area contributed by atoms with Crippen LogP contribution in [0.2, 0.25) is 0 Å². The number of carbonyl (C=O) groups is 1. The number of benzene rings is 1. The summed E-state index contributed by atoms with van der Waals surface area (Å²) in [5.74, 6) is 0.147. The van der Waals surface area contributed by atoms with E-state index in [1.54, 1.807) is 12.1 Å². The second-order valence-electron chi connectivity index (χ2n) is 6.54. The minimum Gasteiger partial charge on any atom is -0.375 e. The molecule has 2 aromatic heterocycles. The molecule has 1 atom stereocenters. The number of fused-ring (bicyclic) bond motifs is 1. The van der Waals surface area contributed by atoms with Crippen molar-refractivity contribution >= 4 is 39.2 Å². The quantitative estimate of drug-likeness (QED) is 0.459. The summed E-state index contributed by atoms with van der Waals surface area (Å²) in [7, 11) is 0. The van der Waals surface area contributed by atoms with Crippen LogP contribution in [0.4, 0.5) is 4.39 Å². The van der Waals surface area contributed by atoms with Gasteiger partial charge in [-0.2, -0.15) is 0 Å². The fourth-order valence-electron chi connectivity index (χ4n) is 3.21. The molecule has 1 aromatic carbocycles. The Morgan fingerprint density at radius 3 is 2.96 bits per heavy atom. The minimum absolute atomic E-state index is 0.0945. The number of hydrogen-bond donors (Lipinski definition) is 0. The van der Waals surface area contributed by atoms with Crippen LogP contribution in [0, 0.1) is 5.82 Å². The van der Waals surface area contributed by atoms with E-state index in [-0.39, 0.29) is 17.8 Å². The lowest BCUT2D eigenvalue weighted by Gasteiger charge is -2.32. The first-order chi connectivity index (χ1) is 13.7. The van der Waals surface area contributed by atoms with Gasteiger partial charge in [0.15, 0.2) is 0 Å². The van der Waals surface area contributed by atoms with Gasteiger partial charge >= 0.3 is 0 Å². The Labute approximate surface area is 170 Å². The van der Waals surface area contributed by atoms with Crippen LogP contribution in [0.3, 0.4) is 0 Å². The third kappa shape index (κ3) is 4.04. The summed E-state index contributed by atoms with van der Waals surface area (Å²) in [6.45, 7) is 3.94. The second kappa shape index (κ2) is 8.55. The van der Waals surface area contributed by atoms with Gasteiger partial charge in [0, 0.05) is 24.0 Å². The molecule has 3 heterocycles. The molecule has 8 heteroatoms. The molecule has 28 heavy (non-hydrogen) atoms. The molecule has 3 aromatic rings. The number of thiophene rings is 1. The average molecular weight is 418 g/mol. The number of aromatic nitrogens is 2. The third-order valence-corrected chi connectivity index (χ3v) is 6.63. The Balaban J connectivity index is 1.55. The van der Waals surface area contributed by atoms with Gasteiger partial charge in [0.05, 0.1) is 23.8 Å². The van der Waals surface area contributed by atoms with Gasteiger partial charge < -0.3 is 9.64 Å². The SMILES string of the molecule is CCC1CN(C(=O)CSc2ncnc3scc(-c4ccc(F)cc4)c23)CCO1. The summed E-state index contributed by atoms with van der Waals surface area (Å²) >= 11 is 2.95. The zero-order chi connectivity index (χ0) is 19.5. The van der Waals surface area contributed by atoms with Crippen LogP contribution in [0.1, 0.15) is 13.3 Å². The van der Waals surface area contributed by atoms with Gasteiger partial charge in [-0.3, -0.25) is 4.79 Å². The fraction of sp³-hybridized carbons (Fsp3) is 0.350. The van der Waals surface area contributed by atoms with Crippen LogP contribution in [0.15, 0.2) is 41.0 Å². The highest BCUT2D eigenvalue weighted by Crippen LogP contribution is 2.37. The first-order valence-corrected chi connectivity index (χ1v) is 11.0. The first kappa shape index (κ1) is 19.3. The summed E-state index contributed by atoms with van der Waals surface area (Å²) in [6.07, 6.45) is 2.55. The van der Waals surface area contributed by atoms with E-state index in [2.05, 4.69) is 16.9 Å². The topological polar surface area (TPSA) is 55.3 Å². The van der Waals surface area contributed by atoms with Crippen molar-refractivity contribution in [1.29, 1.82) is 0 Å². The average Bonchev–Trinajstić information content (AvgIpc) is 3.17. The number of morpholine rings is 1. The molecule has 1 aliphatic heterocycles. The summed E-state index contributed by atoms with van der Waals surface area (Å²) in [5, 5.41) is 3.70. The van der Waals surface area contributed by atoms with Gasteiger partial charge in [-0.25, -0.2) is 14.4 Å². The van der Waals surface area contributed by atoms with Crippen molar-refractivity contribution in [3.05, 3.63) is 41.8 Å². The number of thioether (sulfide) groups is 1. The van der Waals surface area contributed by atoms with Crippen LogP contribution in [0.25, 0.3) is 21.3 Å². The van der Waals surface area contributed by atoms with Crippen LogP contribution < -0.4 is 0 Å². The van der Waals surface area contributed by atoms with E-state index < -0.39 is 0 Å². The predicted molar refractivity (Wildman–Crippen MR) is 110 cm³/mol. The van der Waals surface area contributed by atoms with E-state index >= 15 is 0 Å². The Kier molecular flexibility index (Phi) is 5.89. The molecule has 0 radical (unpaired) electrons. The van der Waals surface area contributed by atoms with E-state index in [1.807, 2.05) is 10.3 Å². The van der Waals surface area contributed by atoms with Crippen molar-refractivity contribution in [1.82, 2.24) is 14.9 Å². The zero-order valence-electron chi connectivity index (χ0n) is 15.4. The second-order valence-corrected chi connectivity index (χ2v) is 8.37. The maximum Gasteiger partial charge on any atom is 0.233 e. The summed E-state index contributed by atoms with van der Waals surface area (Å²) in [5.41, 5.74) is 1.88. The van der Waals surface area contributed by atoms with E-state index in [9.17, 15) is 9.18 Å². The van der Waals surface area contributed by atoms with E-state index in [0.717, 1.165) is 32.8 Å². The molecule has 146 valence electrons. The minimum atomic E-state index is -0.268. The van der Waals surface area contributed by atoms with E-state index in [4.69, 9.17) is 4.74 Å². The van der Waals surface area contributed by atoms with Crippen molar-refractivity contribution in [2.45, 2.75) is 24.5 Å². The zero-order valence-corrected chi connectivity index (χ0v) is 17.1. The van der Waals surface area contributed by atoms with Crippen molar-refractivity contribution < 1.29 is 13.9 Å². The molecule has 5 nitrogen and oxygen atoms in total. The number of rotatable bonds is 5. The van der Waals surface area contributed by atoms with Crippen molar-refractivity contribution in [3.8, 4) is 11.1 Å². The van der Waals surface area contributed by atoms with E-state index in [0.29, 0.717) is 25.4 Å². The largest absolute Gasteiger partial charge is 0.375 e. The highest BCUT2D eigenvalue weighted by molar-refractivity contribution is 8.00. The predicted octanol–water partition coefficient (Wildman–Crippen LogP) is 4.23. The lowest BCUT2D eigenvalue weighted by Crippen LogP contribution is -2.46. The third-order valence-electron chi connectivity index (χ3n) is 4.77. The van der Waals surface area contributed by atoms with Crippen LogP contribution >= 0.6 is 23.1 Å². The van der Waals surface area contributed by atoms with Gasteiger partial charge in [-0.1, -0.05) is 30.8 Å². The molecule has 0 N–H and O–H groups in total. The number of amides is 1. The monoisotopic (exact) mass is 417 g/mol. The highest BCUT2D eigenvalue weighted by Gasteiger charge is 2.23. The Morgan fingerprint density at radius 2 is 2.18 bits per heavy atom. The Morgan fingerprint density at radius 1 is 1.36 bits per heavy atom. The molecule has 1 fully saturated rings. The number of halogens is 1. The van der Waals surface area contributed by atoms with Crippen LogP contribution in [-0.2, 0) is 9.53 Å². The van der Waals surface area contributed by atoms with Gasteiger partial charge in [0.25, 0.3) is 0 Å². The lowest BCUT2D eigenvalue weighted by atomic mass is 10.1. The number of carbonyl (C=O) groups excluding carboxylic acids is 1. The van der Waals surface area contributed by atoms with E-state index in [1.165, 1.54) is 41.6 Å². The van der Waals surface area contributed by atoms with Gasteiger partial charge in [-0.05, 0) is 24.1 Å². The maximum atomic E-state index is 13.3. The summed E-state index contributed by atoms with van der Waals surface area (Å²) in [4.78, 5) is 24.2. The normalized spacial score (nSPS) is 17.2. The molecule has 0 saturated carbocycles. The Bertz CT molecular complexity index is 977. The maximum absolute atomic E-state index is 13.3. The van der Waals surface area contributed by atoms with Crippen molar-refractivity contribution in [3.63, 3.8) is 0 Å². The number of ether oxygens (including phenoxy) is 1. The van der Waals surface area contributed by atoms with Gasteiger partial charge in [0.2, 0.25) is 5.91 Å². The smallest absolute Gasteiger partial charge is 0.233 e. The molecule has 1 amide bonds. The molecule has 0 aliphatic carbocycles.